The van der Waals surface area contributed by atoms with E-state index in [1.165, 1.54) is 24.9 Å². The van der Waals surface area contributed by atoms with Crippen molar-refractivity contribution in [1.29, 1.82) is 0 Å². The van der Waals surface area contributed by atoms with Crippen LogP contribution in [0, 0.1) is 0 Å². The van der Waals surface area contributed by atoms with Crippen LogP contribution in [0.4, 0.5) is 5.82 Å². The van der Waals surface area contributed by atoms with E-state index in [-0.39, 0.29) is 0 Å². The maximum absolute atomic E-state index is 4.89. The van der Waals surface area contributed by atoms with E-state index in [1.54, 1.807) is 0 Å². The van der Waals surface area contributed by atoms with Crippen LogP contribution in [0.1, 0.15) is 25.3 Å². The molecule has 1 saturated heterocycles. The van der Waals surface area contributed by atoms with E-state index in [4.69, 9.17) is 4.99 Å². The topological polar surface area (TPSA) is 40.5 Å². The standard InChI is InChI=1S/C14H19BrN4/c1-2-19-7-3-4-11(9-19)16-13-8-10-5-6-12(15)17-14(10)18-13/h5-6,11H,2-4,7-9H2,1H3,(H,16,17,18). The number of pyridine rings is 1. The van der Waals surface area contributed by atoms with Crippen LogP contribution in [-0.4, -0.2) is 41.4 Å². The zero-order valence-electron chi connectivity index (χ0n) is 11.2. The van der Waals surface area contributed by atoms with Crippen molar-refractivity contribution in [1.82, 2.24) is 9.88 Å². The number of piperidine rings is 1. The van der Waals surface area contributed by atoms with Gasteiger partial charge in [0.15, 0.2) is 0 Å². The van der Waals surface area contributed by atoms with Crippen LogP contribution in [0.15, 0.2) is 21.7 Å². The molecular formula is C14H19BrN4. The smallest absolute Gasteiger partial charge is 0.136 e. The fourth-order valence-electron chi connectivity index (χ4n) is 2.80. The van der Waals surface area contributed by atoms with E-state index in [0.717, 1.165) is 35.8 Å². The highest BCUT2D eigenvalue weighted by Crippen LogP contribution is 2.24. The summed E-state index contributed by atoms with van der Waals surface area (Å²) in [6, 6.07) is 4.54. The summed E-state index contributed by atoms with van der Waals surface area (Å²) in [6.45, 7) is 5.67. The van der Waals surface area contributed by atoms with Crippen molar-refractivity contribution in [3.8, 4) is 0 Å². The lowest BCUT2D eigenvalue weighted by molar-refractivity contribution is 0.220. The molecule has 1 atom stereocenters. The van der Waals surface area contributed by atoms with Crippen LogP contribution in [0.5, 0.6) is 0 Å². The van der Waals surface area contributed by atoms with Crippen LogP contribution in [0.2, 0.25) is 0 Å². The minimum absolute atomic E-state index is 0.439. The Hall–Kier alpha value is -0.940. The number of likely N-dealkylation sites (N-methyl/N-ethyl adjacent to an activating group) is 1. The Bertz CT molecular complexity index is 500. The first-order chi connectivity index (χ1) is 9.24. The number of halogens is 1. The first-order valence-electron chi connectivity index (χ1n) is 6.96. The third kappa shape index (κ3) is 2.98. The Morgan fingerprint density at radius 2 is 2.42 bits per heavy atom. The Labute approximate surface area is 122 Å². The first-order valence-corrected chi connectivity index (χ1v) is 7.75. The van der Waals surface area contributed by atoms with Crippen molar-refractivity contribution < 1.29 is 0 Å². The Morgan fingerprint density at radius 1 is 1.53 bits per heavy atom. The molecule has 4 nitrogen and oxygen atoms in total. The molecule has 0 radical (unpaired) electrons. The molecule has 1 fully saturated rings. The summed E-state index contributed by atoms with van der Waals surface area (Å²) in [5.41, 5.74) is 1.24. The van der Waals surface area contributed by atoms with Gasteiger partial charge < -0.3 is 10.2 Å². The SMILES string of the molecule is CCN1CCCC(N=C2Cc3ccc(Br)nc3N2)C1. The maximum Gasteiger partial charge on any atom is 0.136 e. The summed E-state index contributed by atoms with van der Waals surface area (Å²) in [4.78, 5) is 11.8. The minimum atomic E-state index is 0.439. The summed E-state index contributed by atoms with van der Waals surface area (Å²) in [7, 11) is 0. The van der Waals surface area contributed by atoms with Crippen molar-refractivity contribution >= 4 is 27.6 Å². The monoisotopic (exact) mass is 322 g/mol. The van der Waals surface area contributed by atoms with E-state index in [9.17, 15) is 0 Å². The first kappa shape index (κ1) is 13.1. The number of likely N-dealkylation sites (tertiary alicyclic amines) is 1. The van der Waals surface area contributed by atoms with Crippen molar-refractivity contribution in [2.24, 2.45) is 4.99 Å². The zero-order valence-corrected chi connectivity index (χ0v) is 12.8. The highest BCUT2D eigenvalue weighted by molar-refractivity contribution is 9.10. The largest absolute Gasteiger partial charge is 0.328 e. The van der Waals surface area contributed by atoms with Gasteiger partial charge in [-0.3, -0.25) is 4.99 Å². The van der Waals surface area contributed by atoms with Crippen molar-refractivity contribution in [2.75, 3.05) is 25.0 Å². The highest BCUT2D eigenvalue weighted by atomic mass is 79.9. The van der Waals surface area contributed by atoms with Gasteiger partial charge >= 0.3 is 0 Å². The molecule has 1 aromatic rings. The lowest BCUT2D eigenvalue weighted by Gasteiger charge is -2.29. The Balaban J connectivity index is 1.70. The number of hydrogen-bond donors (Lipinski definition) is 1. The Morgan fingerprint density at radius 3 is 3.26 bits per heavy atom. The average molecular weight is 323 g/mol. The molecule has 3 heterocycles. The minimum Gasteiger partial charge on any atom is -0.328 e. The van der Waals surface area contributed by atoms with Gasteiger partial charge in [-0.25, -0.2) is 4.98 Å². The van der Waals surface area contributed by atoms with Crippen molar-refractivity contribution in [3.05, 3.63) is 22.3 Å². The van der Waals surface area contributed by atoms with Gasteiger partial charge in [0.05, 0.1) is 6.04 Å². The summed E-state index contributed by atoms with van der Waals surface area (Å²) in [5.74, 6) is 2.03. The van der Waals surface area contributed by atoms with Crippen LogP contribution in [0.25, 0.3) is 0 Å². The number of rotatable bonds is 2. The van der Waals surface area contributed by atoms with Crippen LogP contribution in [0.3, 0.4) is 0 Å². The van der Waals surface area contributed by atoms with Gasteiger partial charge in [-0.1, -0.05) is 13.0 Å². The predicted octanol–water partition coefficient (Wildman–Crippen LogP) is 2.69. The van der Waals surface area contributed by atoms with Gasteiger partial charge in [-0.2, -0.15) is 0 Å². The molecule has 0 spiro atoms. The molecule has 1 aromatic heterocycles. The number of aromatic nitrogens is 1. The van der Waals surface area contributed by atoms with Crippen LogP contribution >= 0.6 is 15.9 Å². The maximum atomic E-state index is 4.89. The molecule has 1 N–H and O–H groups in total. The van der Waals surface area contributed by atoms with Crippen LogP contribution in [-0.2, 0) is 6.42 Å². The molecule has 0 aromatic carbocycles. The van der Waals surface area contributed by atoms with E-state index in [0.29, 0.717) is 6.04 Å². The van der Waals surface area contributed by atoms with Crippen LogP contribution < -0.4 is 5.32 Å². The molecule has 5 heteroatoms. The van der Waals surface area contributed by atoms with Gasteiger partial charge in [0.25, 0.3) is 0 Å². The van der Waals surface area contributed by atoms with Gasteiger partial charge in [-0.15, -0.1) is 0 Å². The molecule has 0 saturated carbocycles. The molecule has 0 amide bonds. The summed E-state index contributed by atoms with van der Waals surface area (Å²) in [6.07, 6.45) is 3.35. The number of hydrogen-bond acceptors (Lipinski definition) is 3. The second-order valence-electron chi connectivity index (χ2n) is 5.21. The lowest BCUT2D eigenvalue weighted by atomic mass is 10.1. The Kier molecular flexibility index (Phi) is 3.84. The predicted molar refractivity (Wildman–Crippen MR) is 81.8 cm³/mol. The fourth-order valence-corrected chi connectivity index (χ4v) is 3.11. The third-order valence-corrected chi connectivity index (χ3v) is 4.27. The molecule has 3 rings (SSSR count). The number of fused-ring (bicyclic) bond motifs is 1. The molecular weight excluding hydrogens is 304 g/mol. The highest BCUT2D eigenvalue weighted by Gasteiger charge is 2.22. The molecule has 2 aliphatic rings. The molecule has 19 heavy (non-hydrogen) atoms. The van der Waals surface area contributed by atoms with Crippen molar-refractivity contribution in [2.45, 2.75) is 32.2 Å². The molecule has 0 bridgehead atoms. The second kappa shape index (κ2) is 5.59. The van der Waals surface area contributed by atoms with Gasteiger partial charge in [0, 0.05) is 18.5 Å². The number of nitrogens with one attached hydrogen (secondary N) is 1. The van der Waals surface area contributed by atoms with E-state index >= 15 is 0 Å². The van der Waals surface area contributed by atoms with Crippen molar-refractivity contribution in [3.63, 3.8) is 0 Å². The fraction of sp³-hybridized carbons (Fsp3) is 0.571. The van der Waals surface area contributed by atoms with E-state index < -0.39 is 0 Å². The van der Waals surface area contributed by atoms with Gasteiger partial charge in [-0.05, 0) is 47.9 Å². The number of nitrogens with zero attached hydrogens (tertiary/aromatic N) is 3. The molecule has 102 valence electrons. The third-order valence-electron chi connectivity index (χ3n) is 3.83. The van der Waals surface area contributed by atoms with Gasteiger partial charge in [0.1, 0.15) is 16.3 Å². The summed E-state index contributed by atoms with van der Waals surface area (Å²) >= 11 is 3.40. The lowest BCUT2D eigenvalue weighted by Crippen LogP contribution is -2.37. The zero-order chi connectivity index (χ0) is 13.2. The normalized spacial score (nSPS) is 25.4. The average Bonchev–Trinajstić information content (AvgIpc) is 2.80. The van der Waals surface area contributed by atoms with E-state index in [1.807, 2.05) is 6.07 Å². The number of amidine groups is 1. The van der Waals surface area contributed by atoms with E-state index in [2.05, 4.69) is 44.1 Å². The molecule has 2 aliphatic heterocycles. The summed E-state index contributed by atoms with van der Waals surface area (Å²) < 4.78 is 0.870. The van der Waals surface area contributed by atoms with Gasteiger partial charge in [0.2, 0.25) is 0 Å². The number of aliphatic imine (C=N–C) groups is 1. The molecule has 0 aliphatic carbocycles. The molecule has 1 unspecified atom stereocenters. The second-order valence-corrected chi connectivity index (χ2v) is 6.02. The summed E-state index contributed by atoms with van der Waals surface area (Å²) in [5, 5.41) is 3.35. The number of anilines is 1. The quantitative estimate of drug-likeness (QED) is 0.851.